The van der Waals surface area contributed by atoms with Gasteiger partial charge in [-0.05, 0) is 36.8 Å². The van der Waals surface area contributed by atoms with Crippen molar-refractivity contribution in [3.8, 4) is 0 Å². The van der Waals surface area contributed by atoms with E-state index in [0.717, 1.165) is 18.2 Å². The summed E-state index contributed by atoms with van der Waals surface area (Å²) in [6.45, 7) is -0.244. The Morgan fingerprint density at radius 2 is 1.85 bits per heavy atom. The van der Waals surface area contributed by atoms with Gasteiger partial charge in [0.1, 0.15) is 5.82 Å². The molecule has 180 valence electrons. The van der Waals surface area contributed by atoms with Gasteiger partial charge in [0.25, 0.3) is 5.91 Å². The monoisotopic (exact) mass is 512 g/mol. The van der Waals surface area contributed by atoms with E-state index in [2.05, 4.69) is 5.32 Å². The molecule has 1 N–H and O–H groups in total. The number of nitrogens with zero attached hydrogens (tertiary/aromatic N) is 1. The molecule has 12 heteroatoms. The summed E-state index contributed by atoms with van der Waals surface area (Å²) in [5.41, 5.74) is -1.60. The van der Waals surface area contributed by atoms with Gasteiger partial charge in [0.05, 0.1) is 37.5 Å². The molecule has 0 aliphatic carbocycles. The predicted molar refractivity (Wildman–Crippen MR) is 114 cm³/mol. The van der Waals surface area contributed by atoms with Gasteiger partial charge < -0.3 is 10.2 Å². The number of benzene rings is 2. The number of alkyl halides is 5. The number of anilines is 2. The fourth-order valence-electron chi connectivity index (χ4n) is 3.53. The third-order valence-electron chi connectivity index (χ3n) is 5.19. The van der Waals surface area contributed by atoms with Crippen LogP contribution in [0.5, 0.6) is 0 Å². The largest absolute Gasteiger partial charge is 0.417 e. The first kappa shape index (κ1) is 25.4. The molecule has 1 saturated heterocycles. The molecule has 1 aliphatic rings. The maximum atomic E-state index is 13.8. The van der Waals surface area contributed by atoms with Gasteiger partial charge in [-0.3, -0.25) is 9.00 Å². The molecule has 0 radical (unpaired) electrons. The van der Waals surface area contributed by atoms with Crippen LogP contribution < -0.4 is 10.2 Å². The van der Waals surface area contributed by atoms with Gasteiger partial charge in [-0.1, -0.05) is 11.6 Å². The Bertz CT molecular complexity index is 1090. The number of hydrogen-bond acceptors (Lipinski definition) is 3. The van der Waals surface area contributed by atoms with Gasteiger partial charge >= 0.3 is 6.18 Å². The predicted octanol–water partition coefficient (Wildman–Crippen LogP) is 6.11. The lowest BCUT2D eigenvalue weighted by atomic mass is 10.1. The highest BCUT2D eigenvalue weighted by Gasteiger charge is 2.37. The van der Waals surface area contributed by atoms with Crippen LogP contribution in [-0.4, -0.2) is 35.4 Å². The Balaban J connectivity index is 2.03. The van der Waals surface area contributed by atoms with Crippen molar-refractivity contribution in [2.45, 2.75) is 36.3 Å². The third-order valence-corrected chi connectivity index (χ3v) is 6.44. The minimum atomic E-state index is -4.83. The fraction of sp³-hybridized carbons (Fsp3) is 0.381. The van der Waals surface area contributed by atoms with Crippen molar-refractivity contribution < 1.29 is 35.3 Å². The zero-order valence-corrected chi connectivity index (χ0v) is 18.8. The molecular formula is C21H19ClF6N2O2S. The summed E-state index contributed by atoms with van der Waals surface area (Å²) in [5, 5.41) is 1.69. The van der Waals surface area contributed by atoms with Crippen molar-refractivity contribution in [1.82, 2.24) is 0 Å². The lowest BCUT2D eigenvalue weighted by molar-refractivity contribution is -0.137. The van der Waals surface area contributed by atoms with E-state index in [9.17, 15) is 35.3 Å². The van der Waals surface area contributed by atoms with Crippen LogP contribution in [0.15, 0.2) is 35.2 Å². The number of carbonyl (C=O) groups is 1. The molecule has 2 aromatic carbocycles. The van der Waals surface area contributed by atoms with E-state index in [1.54, 1.807) is 0 Å². The molecule has 1 atom stereocenters. The van der Waals surface area contributed by atoms with E-state index in [0.29, 0.717) is 6.07 Å². The van der Waals surface area contributed by atoms with Gasteiger partial charge in [0.15, 0.2) is 0 Å². The molecule has 2 aromatic rings. The summed E-state index contributed by atoms with van der Waals surface area (Å²) >= 11 is 5.81. The topological polar surface area (TPSA) is 49.4 Å². The highest BCUT2D eigenvalue weighted by molar-refractivity contribution is 7.84. The second-order valence-corrected chi connectivity index (χ2v) is 9.35. The molecule has 0 aromatic heterocycles. The van der Waals surface area contributed by atoms with Gasteiger partial charge in [-0.15, -0.1) is 0 Å². The standard InChI is InChI=1S/C21H19ClF6N2O2S/c1-33(32)18-9-12(3-4-16(18)23)29-19(31)13-10-15(22)14(21(26,27)28)11-17(13)30-7-2-5-20(24,25)6-8-30/h3-4,9-11H,2,5-8H2,1H3,(H,29,31). The van der Waals surface area contributed by atoms with Crippen LogP contribution in [0, 0.1) is 5.82 Å². The molecule has 33 heavy (non-hydrogen) atoms. The Labute approximate surface area is 193 Å². The van der Waals surface area contributed by atoms with Crippen LogP contribution >= 0.6 is 11.6 Å². The summed E-state index contributed by atoms with van der Waals surface area (Å²) in [6.07, 6.45) is -4.57. The number of hydrogen-bond donors (Lipinski definition) is 1. The third kappa shape index (κ3) is 6.00. The molecule has 1 aliphatic heterocycles. The number of rotatable bonds is 4. The van der Waals surface area contributed by atoms with Crippen LogP contribution in [0.1, 0.15) is 35.2 Å². The minimum Gasteiger partial charge on any atom is -0.371 e. The van der Waals surface area contributed by atoms with E-state index >= 15 is 0 Å². The van der Waals surface area contributed by atoms with Crippen molar-refractivity contribution in [2.24, 2.45) is 0 Å². The van der Waals surface area contributed by atoms with Crippen LogP contribution in [0.4, 0.5) is 37.7 Å². The smallest absolute Gasteiger partial charge is 0.371 e. The summed E-state index contributed by atoms with van der Waals surface area (Å²) in [7, 11) is -1.70. The number of carbonyl (C=O) groups excluding carboxylic acids is 1. The molecule has 1 fully saturated rings. The zero-order chi connectivity index (χ0) is 24.6. The van der Waals surface area contributed by atoms with E-state index in [1.807, 2.05) is 0 Å². The lowest BCUT2D eigenvalue weighted by Gasteiger charge is -2.27. The van der Waals surface area contributed by atoms with Crippen LogP contribution in [0.2, 0.25) is 5.02 Å². The molecule has 0 bridgehead atoms. The Hall–Kier alpha value is -2.27. The first-order chi connectivity index (χ1) is 15.3. The highest BCUT2D eigenvalue weighted by Crippen LogP contribution is 2.40. The molecule has 1 unspecified atom stereocenters. The number of amides is 1. The summed E-state index contributed by atoms with van der Waals surface area (Å²) < 4.78 is 93.4. The molecule has 1 amide bonds. The maximum absolute atomic E-state index is 13.8. The SMILES string of the molecule is CS(=O)c1cc(NC(=O)c2cc(Cl)c(C(F)(F)F)cc2N2CCCC(F)(F)CC2)ccc1F. The lowest BCUT2D eigenvalue weighted by Crippen LogP contribution is -2.29. The quantitative estimate of drug-likeness (QED) is 0.503. The van der Waals surface area contributed by atoms with Crippen molar-refractivity contribution >= 4 is 39.7 Å². The zero-order valence-electron chi connectivity index (χ0n) is 17.2. The van der Waals surface area contributed by atoms with Crippen molar-refractivity contribution in [3.05, 3.63) is 52.3 Å². The Morgan fingerprint density at radius 1 is 1.15 bits per heavy atom. The van der Waals surface area contributed by atoms with E-state index in [1.165, 1.54) is 17.2 Å². The van der Waals surface area contributed by atoms with Gasteiger partial charge in [0, 0.05) is 37.9 Å². The average molecular weight is 513 g/mol. The molecule has 3 rings (SSSR count). The summed E-state index contributed by atoms with van der Waals surface area (Å²) in [6, 6.07) is 4.84. The molecule has 0 spiro atoms. The molecular weight excluding hydrogens is 494 g/mol. The second kappa shape index (κ2) is 9.54. The fourth-order valence-corrected chi connectivity index (χ4v) is 4.43. The normalized spacial score (nSPS) is 17.4. The van der Waals surface area contributed by atoms with Crippen molar-refractivity contribution in [1.29, 1.82) is 0 Å². The van der Waals surface area contributed by atoms with Crippen molar-refractivity contribution in [2.75, 3.05) is 29.6 Å². The van der Waals surface area contributed by atoms with Gasteiger partial charge in [-0.25, -0.2) is 13.2 Å². The Kier molecular flexibility index (Phi) is 7.33. The summed E-state index contributed by atoms with van der Waals surface area (Å²) in [5.74, 6) is -4.59. The number of halogens is 7. The van der Waals surface area contributed by atoms with E-state index in [-0.39, 0.29) is 41.3 Å². The van der Waals surface area contributed by atoms with Gasteiger partial charge in [0.2, 0.25) is 5.92 Å². The first-order valence-electron chi connectivity index (χ1n) is 9.76. The minimum absolute atomic E-state index is 0.0155. The first-order valence-corrected chi connectivity index (χ1v) is 11.7. The second-order valence-electron chi connectivity index (χ2n) is 7.60. The Morgan fingerprint density at radius 3 is 2.48 bits per heavy atom. The average Bonchev–Trinajstić information content (AvgIpc) is 2.88. The van der Waals surface area contributed by atoms with Crippen LogP contribution in [-0.2, 0) is 17.0 Å². The van der Waals surface area contributed by atoms with E-state index < -0.39 is 58.1 Å². The van der Waals surface area contributed by atoms with Gasteiger partial charge in [-0.2, -0.15) is 13.2 Å². The van der Waals surface area contributed by atoms with Crippen molar-refractivity contribution in [3.63, 3.8) is 0 Å². The summed E-state index contributed by atoms with van der Waals surface area (Å²) in [4.78, 5) is 14.1. The van der Waals surface area contributed by atoms with E-state index in [4.69, 9.17) is 11.6 Å². The maximum Gasteiger partial charge on any atom is 0.417 e. The van der Waals surface area contributed by atoms with Crippen LogP contribution in [0.25, 0.3) is 0 Å². The number of nitrogens with one attached hydrogen (secondary N) is 1. The molecule has 0 saturated carbocycles. The highest BCUT2D eigenvalue weighted by atomic mass is 35.5. The van der Waals surface area contributed by atoms with Crippen LogP contribution in [0.3, 0.4) is 0 Å². The molecule has 1 heterocycles. The molecule has 4 nitrogen and oxygen atoms in total.